The maximum atomic E-state index is 12.6. The summed E-state index contributed by atoms with van der Waals surface area (Å²) in [4.78, 5) is 12.6. The number of aryl methyl sites for hydroxylation is 1. The highest BCUT2D eigenvalue weighted by atomic mass is 79.9. The predicted octanol–water partition coefficient (Wildman–Crippen LogP) is 4.94. The van der Waals surface area contributed by atoms with Gasteiger partial charge in [0.2, 0.25) is 0 Å². The number of benzene rings is 2. The molecule has 0 heterocycles. The highest BCUT2D eigenvalue weighted by Crippen LogP contribution is 2.22. The van der Waals surface area contributed by atoms with E-state index in [0.29, 0.717) is 0 Å². The SMILES string of the molecule is CCCc1cccc(C(=O)c2cccc(Br)c2C)c1. The lowest BCUT2D eigenvalue weighted by molar-refractivity contribution is 0.103. The number of halogens is 1. The van der Waals surface area contributed by atoms with Crippen LogP contribution in [0.3, 0.4) is 0 Å². The Bertz CT molecular complexity index is 602. The van der Waals surface area contributed by atoms with Gasteiger partial charge in [0.25, 0.3) is 0 Å². The van der Waals surface area contributed by atoms with Crippen molar-refractivity contribution >= 4 is 21.7 Å². The van der Waals surface area contributed by atoms with E-state index < -0.39 is 0 Å². The van der Waals surface area contributed by atoms with E-state index in [1.807, 2.05) is 43.3 Å². The van der Waals surface area contributed by atoms with E-state index in [-0.39, 0.29) is 5.78 Å². The monoisotopic (exact) mass is 316 g/mol. The van der Waals surface area contributed by atoms with Gasteiger partial charge in [0, 0.05) is 15.6 Å². The summed E-state index contributed by atoms with van der Waals surface area (Å²) in [5.74, 6) is 0.0942. The van der Waals surface area contributed by atoms with Crippen LogP contribution in [0.25, 0.3) is 0 Å². The van der Waals surface area contributed by atoms with Crippen molar-refractivity contribution in [3.8, 4) is 0 Å². The molecule has 0 bridgehead atoms. The van der Waals surface area contributed by atoms with Crippen LogP contribution in [-0.2, 0) is 6.42 Å². The number of ketones is 1. The van der Waals surface area contributed by atoms with E-state index in [1.54, 1.807) is 0 Å². The fourth-order valence-corrected chi connectivity index (χ4v) is 2.53. The van der Waals surface area contributed by atoms with Crippen molar-refractivity contribution in [3.63, 3.8) is 0 Å². The van der Waals surface area contributed by atoms with E-state index in [1.165, 1.54) is 5.56 Å². The number of rotatable bonds is 4. The van der Waals surface area contributed by atoms with Gasteiger partial charge in [-0.25, -0.2) is 0 Å². The minimum Gasteiger partial charge on any atom is -0.289 e. The van der Waals surface area contributed by atoms with Crippen molar-refractivity contribution in [2.45, 2.75) is 26.7 Å². The van der Waals surface area contributed by atoms with Gasteiger partial charge in [-0.1, -0.05) is 59.6 Å². The number of hydrogen-bond acceptors (Lipinski definition) is 1. The average molecular weight is 317 g/mol. The van der Waals surface area contributed by atoms with Crippen molar-refractivity contribution in [1.29, 1.82) is 0 Å². The smallest absolute Gasteiger partial charge is 0.193 e. The van der Waals surface area contributed by atoms with Crippen LogP contribution in [0, 0.1) is 6.92 Å². The molecular formula is C17H17BrO. The lowest BCUT2D eigenvalue weighted by Gasteiger charge is -2.08. The number of carbonyl (C=O) groups is 1. The Kier molecular flexibility index (Phi) is 4.54. The first-order valence-corrected chi connectivity index (χ1v) is 7.31. The highest BCUT2D eigenvalue weighted by molar-refractivity contribution is 9.10. The summed E-state index contributed by atoms with van der Waals surface area (Å²) in [6.45, 7) is 4.11. The summed E-state index contributed by atoms with van der Waals surface area (Å²) in [6.07, 6.45) is 2.10. The van der Waals surface area contributed by atoms with Crippen molar-refractivity contribution < 1.29 is 4.79 Å². The topological polar surface area (TPSA) is 17.1 Å². The zero-order valence-corrected chi connectivity index (χ0v) is 12.8. The third-order valence-electron chi connectivity index (χ3n) is 3.24. The maximum absolute atomic E-state index is 12.6. The number of hydrogen-bond donors (Lipinski definition) is 0. The van der Waals surface area contributed by atoms with Crippen LogP contribution < -0.4 is 0 Å². The first-order valence-electron chi connectivity index (χ1n) is 6.52. The lowest BCUT2D eigenvalue weighted by Crippen LogP contribution is -2.04. The first kappa shape index (κ1) is 14.0. The molecule has 0 N–H and O–H groups in total. The van der Waals surface area contributed by atoms with E-state index in [9.17, 15) is 4.79 Å². The molecule has 0 radical (unpaired) electrons. The first-order chi connectivity index (χ1) is 9.13. The normalized spacial score (nSPS) is 10.5. The van der Waals surface area contributed by atoms with Crippen LogP contribution in [0.4, 0.5) is 0 Å². The van der Waals surface area contributed by atoms with Crippen molar-refractivity contribution in [2.24, 2.45) is 0 Å². The summed E-state index contributed by atoms with van der Waals surface area (Å²) in [6, 6.07) is 13.7. The van der Waals surface area contributed by atoms with Crippen LogP contribution >= 0.6 is 15.9 Å². The highest BCUT2D eigenvalue weighted by Gasteiger charge is 2.13. The predicted molar refractivity (Wildman–Crippen MR) is 82.7 cm³/mol. The van der Waals surface area contributed by atoms with Gasteiger partial charge in [-0.15, -0.1) is 0 Å². The molecule has 2 aromatic carbocycles. The summed E-state index contributed by atoms with van der Waals surface area (Å²) < 4.78 is 0.975. The minimum absolute atomic E-state index is 0.0942. The summed E-state index contributed by atoms with van der Waals surface area (Å²) in [7, 11) is 0. The van der Waals surface area contributed by atoms with Crippen LogP contribution in [-0.4, -0.2) is 5.78 Å². The molecule has 0 saturated heterocycles. The van der Waals surface area contributed by atoms with Gasteiger partial charge in [-0.05, 0) is 36.6 Å². The standard InChI is InChI=1S/C17H17BrO/c1-3-6-13-7-4-8-14(11-13)17(19)15-9-5-10-16(18)12(15)2/h4-5,7-11H,3,6H2,1-2H3. The van der Waals surface area contributed by atoms with Crippen LogP contribution in [0.5, 0.6) is 0 Å². The average Bonchev–Trinajstić information content (AvgIpc) is 2.42. The van der Waals surface area contributed by atoms with Crippen molar-refractivity contribution in [2.75, 3.05) is 0 Å². The van der Waals surface area contributed by atoms with Gasteiger partial charge in [0.15, 0.2) is 5.78 Å². The second kappa shape index (κ2) is 6.16. The maximum Gasteiger partial charge on any atom is 0.193 e. The molecule has 2 heteroatoms. The van der Waals surface area contributed by atoms with E-state index in [2.05, 4.69) is 28.9 Å². The number of carbonyl (C=O) groups excluding carboxylic acids is 1. The van der Waals surface area contributed by atoms with E-state index >= 15 is 0 Å². The van der Waals surface area contributed by atoms with Crippen molar-refractivity contribution in [3.05, 3.63) is 69.2 Å². The molecular weight excluding hydrogens is 300 g/mol. The molecule has 0 saturated carbocycles. The fraction of sp³-hybridized carbons (Fsp3) is 0.235. The zero-order valence-electron chi connectivity index (χ0n) is 11.2. The molecule has 0 amide bonds. The Hall–Kier alpha value is -1.41. The van der Waals surface area contributed by atoms with Crippen LogP contribution in [0.2, 0.25) is 0 Å². The van der Waals surface area contributed by atoms with Crippen LogP contribution in [0.15, 0.2) is 46.9 Å². The molecule has 0 aliphatic carbocycles. The molecule has 0 unspecified atom stereocenters. The molecule has 0 fully saturated rings. The molecule has 1 nitrogen and oxygen atoms in total. The largest absolute Gasteiger partial charge is 0.289 e. The van der Waals surface area contributed by atoms with E-state index in [4.69, 9.17) is 0 Å². The third kappa shape index (κ3) is 3.13. The molecule has 0 aromatic heterocycles. The van der Waals surface area contributed by atoms with Gasteiger partial charge in [0.05, 0.1) is 0 Å². The second-order valence-corrected chi connectivity index (χ2v) is 5.55. The van der Waals surface area contributed by atoms with Gasteiger partial charge >= 0.3 is 0 Å². The molecule has 0 aliphatic rings. The molecule has 0 aliphatic heterocycles. The van der Waals surface area contributed by atoms with Gasteiger partial charge in [-0.2, -0.15) is 0 Å². The van der Waals surface area contributed by atoms with Crippen LogP contribution in [0.1, 0.15) is 40.4 Å². The summed E-state index contributed by atoms with van der Waals surface area (Å²) >= 11 is 3.47. The molecule has 2 aromatic rings. The zero-order chi connectivity index (χ0) is 13.8. The molecule has 0 atom stereocenters. The fourth-order valence-electron chi connectivity index (χ4n) is 2.17. The Labute approximate surface area is 122 Å². The lowest BCUT2D eigenvalue weighted by atomic mass is 9.97. The van der Waals surface area contributed by atoms with Gasteiger partial charge in [0.1, 0.15) is 0 Å². The Balaban J connectivity index is 2.38. The Morgan fingerprint density at radius 2 is 1.89 bits per heavy atom. The molecule has 0 spiro atoms. The minimum atomic E-state index is 0.0942. The van der Waals surface area contributed by atoms with Crippen molar-refractivity contribution in [1.82, 2.24) is 0 Å². The Morgan fingerprint density at radius 3 is 2.63 bits per heavy atom. The van der Waals surface area contributed by atoms with Gasteiger partial charge < -0.3 is 0 Å². The third-order valence-corrected chi connectivity index (χ3v) is 4.10. The van der Waals surface area contributed by atoms with Gasteiger partial charge in [-0.3, -0.25) is 4.79 Å². The summed E-state index contributed by atoms with van der Waals surface area (Å²) in [5, 5.41) is 0. The quantitative estimate of drug-likeness (QED) is 0.730. The molecule has 2 rings (SSSR count). The molecule has 98 valence electrons. The molecule has 19 heavy (non-hydrogen) atoms. The Morgan fingerprint density at radius 1 is 1.16 bits per heavy atom. The second-order valence-electron chi connectivity index (χ2n) is 4.69. The van der Waals surface area contributed by atoms with E-state index in [0.717, 1.165) is 34.0 Å². The summed E-state index contributed by atoms with van der Waals surface area (Å²) in [5.41, 5.74) is 3.75.